The average Bonchev–Trinajstić information content (AvgIpc) is 2.63. The predicted molar refractivity (Wildman–Crippen MR) is 89.3 cm³/mol. The molecule has 0 radical (unpaired) electrons. The summed E-state index contributed by atoms with van der Waals surface area (Å²) in [5, 5.41) is 0. The van der Waals surface area contributed by atoms with Gasteiger partial charge < -0.3 is 9.47 Å². The Morgan fingerprint density at radius 3 is 2.57 bits per heavy atom. The maximum absolute atomic E-state index is 5.42. The highest BCUT2D eigenvalue weighted by Gasteiger charge is 2.18. The molecular formula is C18H23N3O2. The Balaban J connectivity index is 1.69. The standard InChI is InChI=1S/C18H23N3O2/c1-21(15-7-9-23-10-8-15)13-14-11-19-18(20-12-14)16-5-3-4-6-17(16)22-2/h3-6,11-12,15H,7-10,13H2,1-2H3. The van der Waals surface area contributed by atoms with E-state index in [0.29, 0.717) is 11.9 Å². The Morgan fingerprint density at radius 1 is 1.17 bits per heavy atom. The smallest absolute Gasteiger partial charge is 0.162 e. The molecule has 0 N–H and O–H groups in total. The summed E-state index contributed by atoms with van der Waals surface area (Å²) in [7, 11) is 3.82. The third-order valence-electron chi connectivity index (χ3n) is 4.30. The van der Waals surface area contributed by atoms with Crippen LogP contribution in [0, 0.1) is 0 Å². The first-order valence-corrected chi connectivity index (χ1v) is 8.00. The Bertz CT molecular complexity index is 624. The number of hydrogen-bond acceptors (Lipinski definition) is 5. The normalized spacial score (nSPS) is 15.8. The molecule has 0 saturated carbocycles. The van der Waals surface area contributed by atoms with Gasteiger partial charge in [-0.3, -0.25) is 4.90 Å². The molecule has 1 fully saturated rings. The molecule has 1 aliphatic rings. The number of benzene rings is 1. The minimum absolute atomic E-state index is 0.581. The van der Waals surface area contributed by atoms with Crippen LogP contribution in [-0.2, 0) is 11.3 Å². The third kappa shape index (κ3) is 3.86. The Morgan fingerprint density at radius 2 is 1.87 bits per heavy atom. The molecule has 0 atom stereocenters. The van der Waals surface area contributed by atoms with Crippen LogP contribution in [0.2, 0.25) is 0 Å². The van der Waals surface area contributed by atoms with Gasteiger partial charge in [-0.1, -0.05) is 12.1 Å². The van der Waals surface area contributed by atoms with Gasteiger partial charge in [0.05, 0.1) is 12.7 Å². The molecule has 0 amide bonds. The van der Waals surface area contributed by atoms with Crippen molar-refractivity contribution in [2.45, 2.75) is 25.4 Å². The second-order valence-corrected chi connectivity index (χ2v) is 5.87. The lowest BCUT2D eigenvalue weighted by atomic mass is 10.1. The van der Waals surface area contributed by atoms with E-state index in [2.05, 4.69) is 21.9 Å². The lowest BCUT2D eigenvalue weighted by Crippen LogP contribution is -2.36. The first-order valence-electron chi connectivity index (χ1n) is 8.00. The highest BCUT2D eigenvalue weighted by atomic mass is 16.5. The summed E-state index contributed by atoms with van der Waals surface area (Å²) in [6.45, 7) is 2.58. The van der Waals surface area contributed by atoms with Crippen LogP contribution >= 0.6 is 0 Å². The van der Waals surface area contributed by atoms with Gasteiger partial charge in [-0.2, -0.15) is 0 Å². The zero-order valence-electron chi connectivity index (χ0n) is 13.7. The van der Waals surface area contributed by atoms with Crippen LogP contribution in [0.1, 0.15) is 18.4 Å². The Hall–Kier alpha value is -1.98. The highest BCUT2D eigenvalue weighted by molar-refractivity contribution is 5.63. The molecule has 0 aliphatic carbocycles. The fraction of sp³-hybridized carbons (Fsp3) is 0.444. The van der Waals surface area contributed by atoms with Crippen LogP contribution in [0.3, 0.4) is 0 Å². The maximum Gasteiger partial charge on any atom is 0.162 e. The fourth-order valence-corrected chi connectivity index (χ4v) is 2.95. The van der Waals surface area contributed by atoms with Crippen molar-refractivity contribution in [2.75, 3.05) is 27.4 Å². The molecule has 5 heteroatoms. The van der Waals surface area contributed by atoms with Gasteiger partial charge in [-0.05, 0) is 32.0 Å². The monoisotopic (exact) mass is 313 g/mol. The van der Waals surface area contributed by atoms with Gasteiger partial charge in [0.1, 0.15) is 5.75 Å². The van der Waals surface area contributed by atoms with E-state index in [4.69, 9.17) is 9.47 Å². The fourth-order valence-electron chi connectivity index (χ4n) is 2.95. The second-order valence-electron chi connectivity index (χ2n) is 5.87. The zero-order valence-corrected chi connectivity index (χ0v) is 13.7. The van der Waals surface area contributed by atoms with Gasteiger partial charge in [-0.25, -0.2) is 9.97 Å². The summed E-state index contributed by atoms with van der Waals surface area (Å²) in [6, 6.07) is 8.39. The van der Waals surface area contributed by atoms with Crippen molar-refractivity contribution in [1.29, 1.82) is 0 Å². The van der Waals surface area contributed by atoms with Crippen molar-refractivity contribution in [2.24, 2.45) is 0 Å². The molecule has 0 spiro atoms. The van der Waals surface area contributed by atoms with E-state index in [0.717, 1.165) is 49.5 Å². The molecule has 122 valence electrons. The van der Waals surface area contributed by atoms with E-state index in [1.165, 1.54) is 0 Å². The molecule has 23 heavy (non-hydrogen) atoms. The van der Waals surface area contributed by atoms with Crippen LogP contribution < -0.4 is 4.74 Å². The Labute approximate surface area is 137 Å². The lowest BCUT2D eigenvalue weighted by molar-refractivity contribution is 0.0406. The van der Waals surface area contributed by atoms with Crippen molar-refractivity contribution in [3.05, 3.63) is 42.2 Å². The van der Waals surface area contributed by atoms with E-state index < -0.39 is 0 Å². The van der Waals surface area contributed by atoms with E-state index in [1.54, 1.807) is 7.11 Å². The van der Waals surface area contributed by atoms with Crippen molar-refractivity contribution in [3.8, 4) is 17.1 Å². The average molecular weight is 313 g/mol. The lowest BCUT2D eigenvalue weighted by Gasteiger charge is -2.31. The van der Waals surface area contributed by atoms with Gasteiger partial charge in [0.15, 0.2) is 5.82 Å². The molecular weight excluding hydrogens is 290 g/mol. The molecule has 0 unspecified atom stereocenters. The van der Waals surface area contributed by atoms with Gasteiger partial charge in [0, 0.05) is 43.8 Å². The molecule has 5 nitrogen and oxygen atoms in total. The van der Waals surface area contributed by atoms with E-state index in [9.17, 15) is 0 Å². The predicted octanol–water partition coefficient (Wildman–Crippen LogP) is 2.76. The number of para-hydroxylation sites is 1. The molecule has 3 rings (SSSR count). The third-order valence-corrected chi connectivity index (χ3v) is 4.30. The molecule has 1 aliphatic heterocycles. The van der Waals surface area contributed by atoms with E-state index >= 15 is 0 Å². The SMILES string of the molecule is COc1ccccc1-c1ncc(CN(C)C2CCOCC2)cn1. The summed E-state index contributed by atoms with van der Waals surface area (Å²) in [5.74, 6) is 1.49. The quantitative estimate of drug-likeness (QED) is 0.849. The number of hydrogen-bond donors (Lipinski definition) is 0. The van der Waals surface area contributed by atoms with Gasteiger partial charge >= 0.3 is 0 Å². The molecule has 2 aromatic rings. The van der Waals surface area contributed by atoms with Crippen molar-refractivity contribution < 1.29 is 9.47 Å². The van der Waals surface area contributed by atoms with Crippen LogP contribution in [0.15, 0.2) is 36.7 Å². The van der Waals surface area contributed by atoms with Gasteiger partial charge in [-0.15, -0.1) is 0 Å². The van der Waals surface area contributed by atoms with Crippen LogP contribution in [-0.4, -0.2) is 48.3 Å². The van der Waals surface area contributed by atoms with Gasteiger partial charge in [0.25, 0.3) is 0 Å². The topological polar surface area (TPSA) is 47.5 Å². The van der Waals surface area contributed by atoms with Crippen molar-refractivity contribution in [1.82, 2.24) is 14.9 Å². The second kappa shape index (κ2) is 7.53. The van der Waals surface area contributed by atoms with Crippen LogP contribution in [0.5, 0.6) is 5.75 Å². The summed E-state index contributed by atoms with van der Waals surface area (Å²) >= 11 is 0. The minimum Gasteiger partial charge on any atom is -0.496 e. The van der Waals surface area contributed by atoms with Crippen molar-refractivity contribution in [3.63, 3.8) is 0 Å². The summed E-state index contributed by atoms with van der Waals surface area (Å²) in [6.07, 6.45) is 6.00. The van der Waals surface area contributed by atoms with E-state index in [1.807, 2.05) is 36.7 Å². The largest absolute Gasteiger partial charge is 0.496 e. The number of aromatic nitrogens is 2. The maximum atomic E-state index is 5.42. The summed E-state index contributed by atoms with van der Waals surface area (Å²) in [5.41, 5.74) is 2.04. The van der Waals surface area contributed by atoms with Crippen molar-refractivity contribution >= 4 is 0 Å². The summed E-state index contributed by atoms with van der Waals surface area (Å²) in [4.78, 5) is 11.4. The molecule has 1 aromatic heterocycles. The van der Waals surface area contributed by atoms with Crippen LogP contribution in [0.4, 0.5) is 0 Å². The molecule has 1 saturated heterocycles. The molecule has 0 bridgehead atoms. The number of rotatable bonds is 5. The van der Waals surface area contributed by atoms with Gasteiger partial charge in [0.2, 0.25) is 0 Å². The highest BCUT2D eigenvalue weighted by Crippen LogP contribution is 2.26. The summed E-state index contributed by atoms with van der Waals surface area (Å²) < 4.78 is 10.8. The Kier molecular flexibility index (Phi) is 5.20. The number of nitrogens with zero attached hydrogens (tertiary/aromatic N) is 3. The molecule has 2 heterocycles. The first-order chi connectivity index (χ1) is 11.3. The molecule has 1 aromatic carbocycles. The van der Waals surface area contributed by atoms with E-state index in [-0.39, 0.29) is 0 Å². The first kappa shape index (κ1) is 15.9. The number of ether oxygens (including phenoxy) is 2. The number of methoxy groups -OCH3 is 1. The minimum atomic E-state index is 0.581. The zero-order chi connectivity index (χ0) is 16.1. The van der Waals surface area contributed by atoms with Crippen LogP contribution in [0.25, 0.3) is 11.4 Å².